The third-order valence-corrected chi connectivity index (χ3v) is 1.87. The molecule has 1 aromatic carbocycles. The van der Waals surface area contributed by atoms with Crippen LogP contribution < -0.4 is 5.11 Å². The van der Waals surface area contributed by atoms with Gasteiger partial charge in [-0.2, -0.15) is 26.3 Å². The molecule has 0 amide bonds. The van der Waals surface area contributed by atoms with Crippen molar-refractivity contribution in [2.45, 2.75) is 12.4 Å². The van der Waals surface area contributed by atoms with Crippen LogP contribution in [-0.4, -0.2) is 5.97 Å². The van der Waals surface area contributed by atoms with Gasteiger partial charge in [-0.3, -0.25) is 0 Å². The molecule has 0 aliphatic rings. The minimum absolute atomic E-state index is 0.0634. The topological polar surface area (TPSA) is 40.1 Å². The van der Waals surface area contributed by atoms with Gasteiger partial charge in [-0.15, -0.1) is 0 Å². The fraction of sp³-hybridized carbons (Fsp3) is 0.222. The molecule has 0 aliphatic heterocycles. The molecule has 0 radical (unpaired) electrons. The number of hydrogen-bond acceptors (Lipinski definition) is 2. The Morgan fingerprint density at radius 1 is 1.00 bits per heavy atom. The van der Waals surface area contributed by atoms with Crippen molar-refractivity contribution in [2.75, 3.05) is 0 Å². The van der Waals surface area contributed by atoms with E-state index in [2.05, 4.69) is 0 Å². The van der Waals surface area contributed by atoms with Gasteiger partial charge < -0.3 is 9.90 Å². The molecular formula is C9H3F6O2-. The molecular weight excluding hydrogens is 254 g/mol. The third-order valence-electron chi connectivity index (χ3n) is 1.87. The molecule has 0 atom stereocenters. The Labute approximate surface area is 90.5 Å². The molecule has 0 spiro atoms. The Morgan fingerprint density at radius 2 is 1.53 bits per heavy atom. The Bertz CT molecular complexity index is 446. The fourth-order valence-electron chi connectivity index (χ4n) is 1.14. The van der Waals surface area contributed by atoms with Crippen LogP contribution in [0.5, 0.6) is 0 Å². The number of benzene rings is 1. The first-order valence-electron chi connectivity index (χ1n) is 4.03. The van der Waals surface area contributed by atoms with E-state index in [-0.39, 0.29) is 18.2 Å². The van der Waals surface area contributed by atoms with E-state index >= 15 is 0 Å². The molecule has 0 N–H and O–H groups in total. The number of carbonyl (C=O) groups excluding carboxylic acids is 1. The summed E-state index contributed by atoms with van der Waals surface area (Å²) in [7, 11) is 0. The molecule has 94 valence electrons. The zero-order chi connectivity index (χ0) is 13.4. The van der Waals surface area contributed by atoms with Gasteiger partial charge in [0.05, 0.1) is 17.1 Å². The number of carbonyl (C=O) groups is 1. The van der Waals surface area contributed by atoms with Crippen molar-refractivity contribution in [3.05, 3.63) is 34.9 Å². The Hall–Kier alpha value is -1.73. The minimum atomic E-state index is -5.06. The van der Waals surface area contributed by atoms with Gasteiger partial charge in [0, 0.05) is 5.56 Å². The predicted octanol–water partition coefficient (Wildman–Crippen LogP) is 2.09. The number of carboxylic acids is 1. The van der Waals surface area contributed by atoms with Gasteiger partial charge in [0.1, 0.15) is 0 Å². The van der Waals surface area contributed by atoms with Gasteiger partial charge in [0.2, 0.25) is 0 Å². The quantitative estimate of drug-likeness (QED) is 0.722. The normalized spacial score (nSPS) is 12.6. The van der Waals surface area contributed by atoms with E-state index in [9.17, 15) is 36.2 Å². The van der Waals surface area contributed by atoms with Crippen molar-refractivity contribution in [3.63, 3.8) is 0 Å². The van der Waals surface area contributed by atoms with Crippen molar-refractivity contribution in [3.8, 4) is 0 Å². The molecule has 0 unspecified atom stereocenters. The van der Waals surface area contributed by atoms with Crippen LogP contribution in [0.25, 0.3) is 0 Å². The second-order valence-corrected chi connectivity index (χ2v) is 3.04. The van der Waals surface area contributed by atoms with Crippen LogP contribution in [-0.2, 0) is 12.4 Å². The van der Waals surface area contributed by atoms with Gasteiger partial charge >= 0.3 is 12.4 Å². The molecule has 0 saturated carbocycles. The largest absolute Gasteiger partial charge is 0.545 e. The maximum atomic E-state index is 12.3. The summed E-state index contributed by atoms with van der Waals surface area (Å²) in [5.41, 5.74) is -4.69. The molecule has 2 nitrogen and oxygen atoms in total. The predicted molar refractivity (Wildman–Crippen MR) is 40.8 cm³/mol. The van der Waals surface area contributed by atoms with Gasteiger partial charge in [-0.05, 0) is 18.2 Å². The van der Waals surface area contributed by atoms with Crippen LogP contribution in [0.2, 0.25) is 0 Å². The minimum Gasteiger partial charge on any atom is -0.545 e. The zero-order valence-corrected chi connectivity index (χ0v) is 7.82. The average molecular weight is 257 g/mol. The highest BCUT2D eigenvalue weighted by atomic mass is 19.4. The van der Waals surface area contributed by atoms with E-state index in [1.165, 1.54) is 0 Å². The Balaban J connectivity index is 3.43. The number of carboxylic acid groups (broad SMARTS) is 1. The van der Waals surface area contributed by atoms with Crippen molar-refractivity contribution in [2.24, 2.45) is 0 Å². The molecule has 1 rings (SSSR count). The summed E-state index contributed by atoms with van der Waals surface area (Å²) in [6.45, 7) is 0. The number of alkyl halides is 6. The van der Waals surface area contributed by atoms with E-state index < -0.39 is 35.0 Å². The maximum absolute atomic E-state index is 12.3. The first-order valence-corrected chi connectivity index (χ1v) is 4.03. The summed E-state index contributed by atoms with van der Waals surface area (Å²) in [4.78, 5) is 10.4. The first-order chi connectivity index (χ1) is 7.53. The SMILES string of the molecule is O=C([O-])c1cc(C(F)(F)F)ccc1C(F)(F)F. The molecule has 0 aliphatic carbocycles. The number of halogens is 6. The smallest absolute Gasteiger partial charge is 0.417 e. The van der Waals surface area contributed by atoms with Gasteiger partial charge in [0.15, 0.2) is 0 Å². The molecule has 1 aromatic rings. The van der Waals surface area contributed by atoms with E-state index in [0.29, 0.717) is 0 Å². The summed E-state index contributed by atoms with van der Waals surface area (Å²) >= 11 is 0. The monoisotopic (exact) mass is 257 g/mol. The van der Waals surface area contributed by atoms with Crippen LogP contribution in [0.3, 0.4) is 0 Å². The summed E-state index contributed by atoms with van der Waals surface area (Å²) in [5.74, 6) is -2.32. The van der Waals surface area contributed by atoms with Crippen LogP contribution >= 0.6 is 0 Å². The highest BCUT2D eigenvalue weighted by Gasteiger charge is 2.37. The molecule has 0 saturated heterocycles. The highest BCUT2D eigenvalue weighted by molar-refractivity contribution is 5.88. The van der Waals surface area contributed by atoms with Crippen LogP contribution in [0, 0.1) is 0 Å². The number of rotatable bonds is 1. The molecule has 0 heterocycles. The van der Waals surface area contributed by atoms with Gasteiger partial charge in [-0.25, -0.2) is 0 Å². The third kappa shape index (κ3) is 2.89. The van der Waals surface area contributed by atoms with Crippen LogP contribution in [0.15, 0.2) is 18.2 Å². The van der Waals surface area contributed by atoms with Crippen LogP contribution in [0.4, 0.5) is 26.3 Å². The van der Waals surface area contributed by atoms with E-state index in [1.807, 2.05) is 0 Å². The molecule has 0 fully saturated rings. The summed E-state index contributed by atoms with van der Waals surface area (Å²) in [6, 6.07) is 0.126. The second kappa shape index (κ2) is 3.94. The maximum Gasteiger partial charge on any atom is 0.417 e. The highest BCUT2D eigenvalue weighted by Crippen LogP contribution is 2.36. The van der Waals surface area contributed by atoms with Gasteiger partial charge in [-0.1, -0.05) is 0 Å². The molecule has 17 heavy (non-hydrogen) atoms. The second-order valence-electron chi connectivity index (χ2n) is 3.04. The lowest BCUT2D eigenvalue weighted by Crippen LogP contribution is -2.27. The molecule has 0 bridgehead atoms. The Kier molecular flexibility index (Phi) is 3.09. The van der Waals surface area contributed by atoms with E-state index in [1.54, 1.807) is 0 Å². The zero-order valence-electron chi connectivity index (χ0n) is 7.82. The summed E-state index contributed by atoms with van der Waals surface area (Å²) < 4.78 is 73.3. The number of hydrogen-bond donors (Lipinski definition) is 0. The lowest BCUT2D eigenvalue weighted by Gasteiger charge is -2.16. The fourth-order valence-corrected chi connectivity index (χ4v) is 1.14. The Morgan fingerprint density at radius 3 is 1.88 bits per heavy atom. The summed E-state index contributed by atoms with van der Waals surface area (Å²) in [5, 5.41) is 10.4. The van der Waals surface area contributed by atoms with E-state index in [4.69, 9.17) is 0 Å². The molecule has 8 heteroatoms. The van der Waals surface area contributed by atoms with Crippen molar-refractivity contribution >= 4 is 5.97 Å². The van der Waals surface area contributed by atoms with Gasteiger partial charge in [0.25, 0.3) is 0 Å². The first kappa shape index (κ1) is 13.3. The average Bonchev–Trinajstić information content (AvgIpc) is 2.14. The lowest BCUT2D eigenvalue weighted by molar-refractivity contribution is -0.255. The number of aromatic carboxylic acids is 1. The standard InChI is InChI=1S/C9H4F6O2/c10-8(11,12)4-1-2-6(9(13,14)15)5(3-4)7(16)17/h1-3H,(H,16,17)/p-1. The lowest BCUT2D eigenvalue weighted by atomic mass is 10.0. The van der Waals surface area contributed by atoms with Crippen molar-refractivity contribution in [1.29, 1.82) is 0 Å². The molecule has 0 aromatic heterocycles. The van der Waals surface area contributed by atoms with E-state index in [0.717, 1.165) is 0 Å². The van der Waals surface area contributed by atoms with Crippen molar-refractivity contribution in [1.82, 2.24) is 0 Å². The van der Waals surface area contributed by atoms with Crippen LogP contribution in [0.1, 0.15) is 21.5 Å². The summed E-state index contributed by atoms with van der Waals surface area (Å²) in [6.07, 6.45) is -9.98. The van der Waals surface area contributed by atoms with Crippen molar-refractivity contribution < 1.29 is 36.2 Å².